The lowest BCUT2D eigenvalue weighted by Crippen LogP contribution is -2.43. The number of carboxylic acid groups (broad SMARTS) is 1. The predicted octanol–water partition coefficient (Wildman–Crippen LogP) is 2.46. The molecule has 1 amide bonds. The van der Waals surface area contributed by atoms with Crippen molar-refractivity contribution >= 4 is 17.6 Å². The number of amides is 1. The number of nitrogens with one attached hydrogen (secondary N) is 1. The number of allylic oxidation sites excluding steroid dienone is 2. The maximum Gasteiger partial charge on any atom is 0.326 e. The molecule has 0 aromatic heterocycles. The fourth-order valence-corrected chi connectivity index (χ4v) is 4.13. The number of hydrogen-bond acceptors (Lipinski definition) is 3. The van der Waals surface area contributed by atoms with Crippen LogP contribution in [0.5, 0.6) is 0 Å². The van der Waals surface area contributed by atoms with E-state index in [0.29, 0.717) is 11.3 Å². The number of nitrogens with zero attached hydrogens (tertiary/aromatic N) is 1. The highest BCUT2D eigenvalue weighted by atomic mass is 16.4. The third-order valence-corrected chi connectivity index (χ3v) is 5.29. The summed E-state index contributed by atoms with van der Waals surface area (Å²) in [5, 5.41) is 12.7. The maximum absolute atomic E-state index is 12.8. The van der Waals surface area contributed by atoms with E-state index in [0.717, 1.165) is 37.9 Å². The third-order valence-electron chi connectivity index (χ3n) is 5.29. The van der Waals surface area contributed by atoms with Crippen molar-refractivity contribution in [3.63, 3.8) is 0 Å². The Morgan fingerprint density at radius 2 is 2.00 bits per heavy atom. The standard InChI is InChI=1S/C18H20N2O3/c21-17(20-9-1-2-10-20)14-8-4-6-12-11-5-3-7-13(11)16(18(22)23)19-15(12)14/h3-6,8,11,13,16,19H,1-2,7,9-10H2,(H,22,23)/t11-,13+,16-/m1/s1. The van der Waals surface area contributed by atoms with Crippen molar-refractivity contribution in [2.45, 2.75) is 31.2 Å². The van der Waals surface area contributed by atoms with E-state index in [4.69, 9.17) is 0 Å². The van der Waals surface area contributed by atoms with Gasteiger partial charge in [0.15, 0.2) is 0 Å². The molecule has 2 N–H and O–H groups in total. The molecular weight excluding hydrogens is 292 g/mol. The van der Waals surface area contributed by atoms with Gasteiger partial charge in [0, 0.05) is 24.9 Å². The molecule has 0 unspecified atom stereocenters. The van der Waals surface area contributed by atoms with Crippen molar-refractivity contribution in [2.75, 3.05) is 18.4 Å². The normalized spacial score (nSPS) is 28.2. The Morgan fingerprint density at radius 1 is 1.22 bits per heavy atom. The molecule has 5 nitrogen and oxygen atoms in total. The summed E-state index contributed by atoms with van der Waals surface area (Å²) in [5.41, 5.74) is 2.37. The van der Waals surface area contributed by atoms with Gasteiger partial charge in [-0.15, -0.1) is 0 Å². The first-order chi connectivity index (χ1) is 11.2. The molecule has 120 valence electrons. The Labute approximate surface area is 135 Å². The van der Waals surface area contributed by atoms with Crippen LogP contribution in [0, 0.1) is 5.92 Å². The average molecular weight is 312 g/mol. The van der Waals surface area contributed by atoms with Crippen LogP contribution in [0.3, 0.4) is 0 Å². The number of carboxylic acids is 1. The first-order valence-electron chi connectivity index (χ1n) is 8.25. The Kier molecular flexibility index (Phi) is 3.36. The molecule has 0 saturated carbocycles. The molecule has 2 aliphatic heterocycles. The lowest BCUT2D eigenvalue weighted by atomic mass is 9.78. The van der Waals surface area contributed by atoms with Crippen molar-refractivity contribution in [3.05, 3.63) is 41.5 Å². The summed E-state index contributed by atoms with van der Waals surface area (Å²) in [5.74, 6) is -0.731. The van der Waals surface area contributed by atoms with Crippen LogP contribution in [0.4, 0.5) is 5.69 Å². The van der Waals surface area contributed by atoms with E-state index in [-0.39, 0.29) is 17.7 Å². The van der Waals surface area contributed by atoms with Crippen LogP contribution in [0.1, 0.15) is 41.1 Å². The van der Waals surface area contributed by atoms with Crippen LogP contribution in [0.15, 0.2) is 30.4 Å². The second-order valence-electron chi connectivity index (χ2n) is 6.58. The molecule has 0 bridgehead atoms. The molecule has 0 radical (unpaired) electrons. The minimum Gasteiger partial charge on any atom is -0.480 e. The van der Waals surface area contributed by atoms with Crippen molar-refractivity contribution in [1.29, 1.82) is 0 Å². The number of benzene rings is 1. The van der Waals surface area contributed by atoms with E-state index in [1.54, 1.807) is 0 Å². The van der Waals surface area contributed by atoms with Gasteiger partial charge < -0.3 is 15.3 Å². The summed E-state index contributed by atoms with van der Waals surface area (Å²) in [4.78, 5) is 26.3. The van der Waals surface area contributed by atoms with Crippen LogP contribution in [-0.2, 0) is 4.79 Å². The van der Waals surface area contributed by atoms with Gasteiger partial charge in [-0.3, -0.25) is 4.79 Å². The first-order valence-corrected chi connectivity index (χ1v) is 8.25. The molecule has 2 heterocycles. The first kappa shape index (κ1) is 14.3. The molecule has 1 aromatic rings. The summed E-state index contributed by atoms with van der Waals surface area (Å²) in [7, 11) is 0. The zero-order chi connectivity index (χ0) is 16.0. The molecular formula is C18H20N2O3. The number of likely N-dealkylation sites (tertiary alicyclic amines) is 1. The number of fused-ring (bicyclic) bond motifs is 3. The van der Waals surface area contributed by atoms with Crippen molar-refractivity contribution in [2.24, 2.45) is 5.92 Å². The van der Waals surface area contributed by atoms with Gasteiger partial charge in [0.1, 0.15) is 6.04 Å². The number of para-hydroxylation sites is 1. The van der Waals surface area contributed by atoms with Gasteiger partial charge in [-0.25, -0.2) is 4.79 Å². The molecule has 1 saturated heterocycles. The maximum atomic E-state index is 12.8. The summed E-state index contributed by atoms with van der Waals surface area (Å²) in [6.45, 7) is 1.58. The van der Waals surface area contributed by atoms with E-state index < -0.39 is 12.0 Å². The van der Waals surface area contributed by atoms with Gasteiger partial charge in [-0.05, 0) is 30.9 Å². The summed E-state index contributed by atoms with van der Waals surface area (Å²) < 4.78 is 0. The topological polar surface area (TPSA) is 69.6 Å². The van der Waals surface area contributed by atoms with E-state index in [1.807, 2.05) is 23.1 Å². The number of rotatable bonds is 2. The van der Waals surface area contributed by atoms with Gasteiger partial charge in [-0.2, -0.15) is 0 Å². The summed E-state index contributed by atoms with van der Waals surface area (Å²) >= 11 is 0. The van der Waals surface area contributed by atoms with Crippen molar-refractivity contribution in [1.82, 2.24) is 4.90 Å². The van der Waals surface area contributed by atoms with Crippen LogP contribution in [0.25, 0.3) is 0 Å². The molecule has 0 spiro atoms. The van der Waals surface area contributed by atoms with Gasteiger partial charge in [0.2, 0.25) is 0 Å². The van der Waals surface area contributed by atoms with Gasteiger partial charge >= 0.3 is 5.97 Å². The zero-order valence-electron chi connectivity index (χ0n) is 12.9. The monoisotopic (exact) mass is 312 g/mol. The second-order valence-corrected chi connectivity index (χ2v) is 6.58. The lowest BCUT2D eigenvalue weighted by molar-refractivity contribution is -0.139. The van der Waals surface area contributed by atoms with Crippen LogP contribution >= 0.6 is 0 Å². The molecule has 1 aliphatic carbocycles. The van der Waals surface area contributed by atoms with E-state index in [1.165, 1.54) is 0 Å². The Bertz CT molecular complexity index is 692. The van der Waals surface area contributed by atoms with Crippen LogP contribution < -0.4 is 5.32 Å². The van der Waals surface area contributed by atoms with Crippen LogP contribution in [0.2, 0.25) is 0 Å². The number of carbonyl (C=O) groups is 2. The van der Waals surface area contributed by atoms with Crippen molar-refractivity contribution in [3.8, 4) is 0 Å². The molecule has 3 aliphatic rings. The third kappa shape index (κ3) is 2.22. The average Bonchev–Trinajstić information content (AvgIpc) is 3.23. The SMILES string of the molecule is O=C(O)[C@@H]1Nc2c(C(=O)N3CCCC3)cccc2[C@H]2C=CC[C@@H]21. The molecule has 1 aromatic carbocycles. The quantitative estimate of drug-likeness (QED) is 0.823. The number of hydrogen-bond donors (Lipinski definition) is 2. The van der Waals surface area contributed by atoms with Gasteiger partial charge in [0.25, 0.3) is 5.91 Å². The van der Waals surface area contributed by atoms with E-state index >= 15 is 0 Å². The Balaban J connectivity index is 1.77. The van der Waals surface area contributed by atoms with Crippen molar-refractivity contribution < 1.29 is 14.7 Å². The fourth-order valence-electron chi connectivity index (χ4n) is 4.13. The number of aliphatic carboxylic acids is 1. The lowest BCUT2D eigenvalue weighted by Gasteiger charge is -2.36. The summed E-state index contributed by atoms with van der Waals surface area (Å²) in [6.07, 6.45) is 6.98. The van der Waals surface area contributed by atoms with E-state index in [9.17, 15) is 14.7 Å². The molecule has 1 fully saturated rings. The highest BCUT2D eigenvalue weighted by molar-refractivity contribution is 6.01. The minimum absolute atomic E-state index is 0.0106. The van der Waals surface area contributed by atoms with Crippen LogP contribution in [-0.4, -0.2) is 41.0 Å². The summed E-state index contributed by atoms with van der Waals surface area (Å²) in [6, 6.07) is 5.09. The predicted molar refractivity (Wildman–Crippen MR) is 86.6 cm³/mol. The van der Waals surface area contributed by atoms with Gasteiger partial charge in [-0.1, -0.05) is 24.3 Å². The fraction of sp³-hybridized carbons (Fsp3) is 0.444. The molecule has 4 rings (SSSR count). The van der Waals surface area contributed by atoms with E-state index in [2.05, 4.69) is 17.5 Å². The number of anilines is 1. The Morgan fingerprint density at radius 3 is 2.74 bits per heavy atom. The zero-order valence-corrected chi connectivity index (χ0v) is 12.9. The highest BCUT2D eigenvalue weighted by Crippen LogP contribution is 2.45. The smallest absolute Gasteiger partial charge is 0.326 e. The second kappa shape index (κ2) is 5.41. The molecule has 5 heteroatoms. The highest BCUT2D eigenvalue weighted by Gasteiger charge is 2.42. The largest absolute Gasteiger partial charge is 0.480 e. The van der Waals surface area contributed by atoms with Gasteiger partial charge in [0.05, 0.1) is 11.3 Å². The molecule has 3 atom stereocenters. The Hall–Kier alpha value is -2.30. The minimum atomic E-state index is -0.849. The number of carbonyl (C=O) groups excluding carboxylic acids is 1. The molecule has 23 heavy (non-hydrogen) atoms.